The van der Waals surface area contributed by atoms with Gasteiger partial charge in [-0.2, -0.15) is 0 Å². The molecule has 0 amide bonds. The van der Waals surface area contributed by atoms with Gasteiger partial charge < -0.3 is 4.74 Å². The number of esters is 1. The molecule has 0 saturated carbocycles. The fourth-order valence-corrected chi connectivity index (χ4v) is 5.93. The molecule has 1 unspecified atom stereocenters. The van der Waals surface area contributed by atoms with Crippen molar-refractivity contribution < 1.29 is 9.53 Å². The fourth-order valence-electron chi connectivity index (χ4n) is 1.89. The van der Waals surface area contributed by atoms with Crippen molar-refractivity contribution >= 4 is 23.8 Å². The predicted octanol–water partition coefficient (Wildman–Crippen LogP) is 4.02. The minimum absolute atomic E-state index is 0.0799. The normalized spacial score (nSPS) is 24.9. The van der Waals surface area contributed by atoms with Gasteiger partial charge in [0.25, 0.3) is 0 Å². The molecule has 4 heteroatoms. The maximum Gasteiger partial charge on any atom is 0.339 e. The highest BCUT2D eigenvalue weighted by atomic mass is 32.4. The van der Waals surface area contributed by atoms with Crippen molar-refractivity contribution in [3.8, 4) is 0 Å². The molecular weight excluding hydrogens is 251 g/mol. The summed E-state index contributed by atoms with van der Waals surface area (Å²) in [7, 11) is 0. The van der Waals surface area contributed by atoms with Crippen LogP contribution < -0.4 is 0 Å². The van der Waals surface area contributed by atoms with Crippen molar-refractivity contribution in [2.75, 3.05) is 6.61 Å². The third-order valence-corrected chi connectivity index (χ3v) is 9.55. The maximum atomic E-state index is 12.1. The summed E-state index contributed by atoms with van der Waals surface area (Å²) < 4.78 is 5.17. The van der Waals surface area contributed by atoms with Crippen molar-refractivity contribution in [2.45, 2.75) is 46.7 Å². The molecule has 1 aliphatic heterocycles. The van der Waals surface area contributed by atoms with Crippen molar-refractivity contribution in [2.24, 2.45) is 0 Å². The second-order valence-electron chi connectivity index (χ2n) is 5.33. The Bertz CT molecular complexity index is 453. The Labute approximate surface area is 109 Å². The van der Waals surface area contributed by atoms with Crippen LogP contribution in [0, 0.1) is 0 Å². The zero-order valence-corrected chi connectivity index (χ0v) is 13.2. The van der Waals surface area contributed by atoms with Gasteiger partial charge in [-0.1, -0.05) is 32.6 Å². The van der Waals surface area contributed by atoms with Crippen LogP contribution in [-0.4, -0.2) is 17.7 Å². The molecular formula is C13H21O2PS. The largest absolute Gasteiger partial charge is 0.462 e. The van der Waals surface area contributed by atoms with Gasteiger partial charge in [0.15, 0.2) is 0 Å². The first-order chi connectivity index (χ1) is 7.65. The van der Waals surface area contributed by atoms with E-state index in [1.54, 1.807) is 0 Å². The lowest BCUT2D eigenvalue weighted by Gasteiger charge is -2.32. The van der Waals surface area contributed by atoms with E-state index in [9.17, 15) is 4.79 Å². The summed E-state index contributed by atoms with van der Waals surface area (Å²) in [6, 6.07) is -1.99. The van der Waals surface area contributed by atoms with Crippen LogP contribution in [0.2, 0.25) is 0 Å². The number of carbonyl (C=O) groups is 1. The summed E-state index contributed by atoms with van der Waals surface area (Å²) in [4.78, 5) is 12.1. The monoisotopic (exact) mass is 272 g/mol. The van der Waals surface area contributed by atoms with Gasteiger partial charge in [-0.25, -0.2) is 4.79 Å². The predicted molar refractivity (Wildman–Crippen MR) is 77.1 cm³/mol. The highest BCUT2D eigenvalue weighted by molar-refractivity contribution is 8.19. The van der Waals surface area contributed by atoms with Gasteiger partial charge in [-0.3, -0.25) is 0 Å². The summed E-state index contributed by atoms with van der Waals surface area (Å²) in [6.07, 6.45) is 0. The smallest absolute Gasteiger partial charge is 0.339 e. The molecule has 0 saturated heterocycles. The molecule has 0 aromatic heterocycles. The van der Waals surface area contributed by atoms with E-state index >= 15 is 0 Å². The van der Waals surface area contributed by atoms with Gasteiger partial charge in [0.1, 0.15) is 0 Å². The van der Waals surface area contributed by atoms with E-state index in [2.05, 4.69) is 26.6 Å². The Balaban J connectivity index is 3.36. The molecule has 1 aliphatic rings. The van der Waals surface area contributed by atoms with E-state index in [1.807, 2.05) is 20.8 Å². The molecule has 1 atom stereocenters. The second kappa shape index (κ2) is 4.70. The summed E-state index contributed by atoms with van der Waals surface area (Å²) in [6.45, 7) is 12.5. The number of hydrogen-bond acceptors (Lipinski definition) is 3. The minimum atomic E-state index is -1.99. The van der Waals surface area contributed by atoms with Crippen LogP contribution in [0.4, 0.5) is 0 Å². The third kappa shape index (κ3) is 2.41. The lowest BCUT2D eigenvalue weighted by molar-refractivity contribution is -0.137. The summed E-state index contributed by atoms with van der Waals surface area (Å²) in [5.74, 6) is 1.90. The van der Waals surface area contributed by atoms with Crippen molar-refractivity contribution in [3.05, 3.63) is 22.3 Å². The van der Waals surface area contributed by atoms with Crippen molar-refractivity contribution in [1.29, 1.82) is 0 Å². The number of hydrogen-bond donors (Lipinski definition) is 0. The average Bonchev–Trinajstić information content (AvgIpc) is 2.38. The topological polar surface area (TPSA) is 26.3 Å². The van der Waals surface area contributed by atoms with E-state index in [1.165, 1.54) is 0 Å². The van der Waals surface area contributed by atoms with Crippen molar-refractivity contribution in [3.63, 3.8) is 0 Å². The summed E-state index contributed by atoms with van der Waals surface area (Å²) in [5.41, 5.74) is 2.15. The fraction of sp³-hybridized carbons (Fsp3) is 0.615. The van der Waals surface area contributed by atoms with Gasteiger partial charge in [-0.15, -0.1) is 0 Å². The third-order valence-electron chi connectivity index (χ3n) is 3.12. The zero-order chi connectivity index (χ0) is 13.4. The lowest BCUT2D eigenvalue weighted by atomic mass is 10.1. The highest BCUT2D eigenvalue weighted by Crippen LogP contribution is 2.70. The van der Waals surface area contributed by atoms with Gasteiger partial charge in [0, 0.05) is 6.04 Å². The number of allylic oxidation sites excluding steroid dienone is 2. The Hall–Kier alpha value is -0.400. The van der Waals surface area contributed by atoms with E-state index in [0.717, 1.165) is 16.5 Å². The zero-order valence-electron chi connectivity index (χ0n) is 11.5. The second-order valence-corrected chi connectivity index (χ2v) is 10.4. The molecule has 0 fully saturated rings. The molecule has 1 rings (SSSR count). The standard InChI is InChI=1S/C13H21O2PS/c1-7-15-12(14)11-10(3)9(2)8-16(11,17)13(4,5)6/h8H,7H2,1-6H3. The van der Waals surface area contributed by atoms with E-state index < -0.39 is 6.04 Å². The number of ether oxygens (including phenoxy) is 1. The molecule has 0 aromatic rings. The minimum Gasteiger partial charge on any atom is -0.462 e. The van der Waals surface area contributed by atoms with Crippen LogP contribution in [0.15, 0.2) is 22.3 Å². The van der Waals surface area contributed by atoms with Gasteiger partial charge in [-0.05, 0) is 42.9 Å². The average molecular weight is 272 g/mol. The Kier molecular flexibility index (Phi) is 4.05. The lowest BCUT2D eigenvalue weighted by Crippen LogP contribution is -2.18. The quantitative estimate of drug-likeness (QED) is 0.561. The molecule has 0 spiro atoms. The molecule has 0 radical (unpaired) electrons. The highest BCUT2D eigenvalue weighted by Gasteiger charge is 2.42. The molecule has 0 N–H and O–H groups in total. The molecule has 0 aromatic carbocycles. The molecule has 0 bridgehead atoms. The summed E-state index contributed by atoms with van der Waals surface area (Å²) in [5, 5.41) is 0.669. The van der Waals surface area contributed by atoms with Crippen molar-refractivity contribution in [1.82, 2.24) is 0 Å². The van der Waals surface area contributed by atoms with Crippen LogP contribution >= 0.6 is 6.04 Å². The van der Waals surface area contributed by atoms with Crippen LogP contribution in [-0.2, 0) is 21.3 Å². The molecule has 17 heavy (non-hydrogen) atoms. The van der Waals surface area contributed by atoms with Crippen LogP contribution in [0.25, 0.3) is 0 Å². The first kappa shape index (κ1) is 14.7. The van der Waals surface area contributed by atoms with E-state index in [4.69, 9.17) is 16.5 Å². The van der Waals surface area contributed by atoms with E-state index in [0.29, 0.717) is 6.61 Å². The van der Waals surface area contributed by atoms with E-state index in [-0.39, 0.29) is 11.1 Å². The molecule has 96 valence electrons. The van der Waals surface area contributed by atoms with Crippen LogP contribution in [0.3, 0.4) is 0 Å². The van der Waals surface area contributed by atoms with Gasteiger partial charge in [0.2, 0.25) is 0 Å². The molecule has 1 heterocycles. The van der Waals surface area contributed by atoms with Crippen LogP contribution in [0.5, 0.6) is 0 Å². The Morgan fingerprint density at radius 3 is 2.35 bits per heavy atom. The summed E-state index contributed by atoms with van der Waals surface area (Å²) >= 11 is 5.85. The number of carbonyl (C=O) groups excluding carboxylic acids is 1. The van der Waals surface area contributed by atoms with Crippen LogP contribution in [0.1, 0.15) is 41.5 Å². The Morgan fingerprint density at radius 2 is 1.94 bits per heavy atom. The first-order valence-electron chi connectivity index (χ1n) is 5.83. The Morgan fingerprint density at radius 1 is 1.41 bits per heavy atom. The van der Waals surface area contributed by atoms with Gasteiger partial charge in [0.05, 0.1) is 11.9 Å². The van der Waals surface area contributed by atoms with Gasteiger partial charge >= 0.3 is 5.97 Å². The first-order valence-corrected chi connectivity index (χ1v) is 8.70. The number of rotatable bonds is 2. The maximum absolute atomic E-state index is 12.1. The molecule has 2 nitrogen and oxygen atoms in total. The SMILES string of the molecule is CCOC(=O)C1=C(C)C(C)=CP1(=S)C(C)(C)C. The molecule has 0 aliphatic carbocycles.